The van der Waals surface area contributed by atoms with Crippen LogP contribution < -0.4 is 10.1 Å². The molecule has 3 heterocycles. The van der Waals surface area contributed by atoms with Gasteiger partial charge in [0.2, 0.25) is 0 Å². The molecule has 33 heavy (non-hydrogen) atoms. The van der Waals surface area contributed by atoms with E-state index in [0.717, 1.165) is 27.5 Å². The van der Waals surface area contributed by atoms with E-state index in [4.69, 9.17) is 9.15 Å². The van der Waals surface area contributed by atoms with Crippen LogP contribution in [0.4, 0.5) is 5.69 Å². The van der Waals surface area contributed by atoms with E-state index in [9.17, 15) is 9.59 Å². The van der Waals surface area contributed by atoms with E-state index in [-0.39, 0.29) is 18.4 Å². The second kappa shape index (κ2) is 9.34. The van der Waals surface area contributed by atoms with Crippen molar-refractivity contribution in [3.05, 3.63) is 94.4 Å². The molecule has 2 amide bonds. The Kier molecular flexibility index (Phi) is 5.95. The highest BCUT2D eigenvalue weighted by Crippen LogP contribution is 2.31. The minimum absolute atomic E-state index is 0.0563. The molecule has 0 unspecified atom stereocenters. The lowest BCUT2D eigenvalue weighted by molar-refractivity contribution is -0.118. The number of para-hydroxylation sites is 1. The summed E-state index contributed by atoms with van der Waals surface area (Å²) in [6.07, 6.45) is 0.680. The first-order valence-corrected chi connectivity index (χ1v) is 11.6. The maximum atomic E-state index is 12.7. The van der Waals surface area contributed by atoms with Gasteiger partial charge in [-0.3, -0.25) is 9.59 Å². The predicted octanol–water partition coefficient (Wildman–Crippen LogP) is 5.22. The van der Waals surface area contributed by atoms with Crippen molar-refractivity contribution in [3.63, 3.8) is 0 Å². The molecule has 7 heteroatoms. The lowest BCUT2D eigenvalue weighted by atomic mass is 10.1. The van der Waals surface area contributed by atoms with E-state index in [0.29, 0.717) is 30.9 Å². The lowest BCUT2D eigenvalue weighted by Gasteiger charge is -2.25. The van der Waals surface area contributed by atoms with E-state index in [1.54, 1.807) is 0 Å². The number of fused-ring (bicyclic) bond motifs is 1. The van der Waals surface area contributed by atoms with Crippen molar-refractivity contribution in [2.45, 2.75) is 13.0 Å². The minimum atomic E-state index is -0.238. The Hall–Kier alpha value is -3.84. The number of carbonyl (C=O) groups excluding carboxylic acids is 2. The molecule has 0 saturated carbocycles. The number of benzene rings is 2. The third-order valence-corrected chi connectivity index (χ3v) is 6.29. The number of carbonyl (C=O) groups is 2. The van der Waals surface area contributed by atoms with Gasteiger partial charge in [0.1, 0.15) is 17.3 Å². The summed E-state index contributed by atoms with van der Waals surface area (Å²) in [5, 5.41) is 4.78. The van der Waals surface area contributed by atoms with Gasteiger partial charge >= 0.3 is 0 Å². The second-order valence-electron chi connectivity index (χ2n) is 7.74. The van der Waals surface area contributed by atoms with Crippen LogP contribution >= 0.6 is 11.3 Å². The van der Waals surface area contributed by atoms with Crippen molar-refractivity contribution in [1.82, 2.24) is 4.90 Å². The fraction of sp³-hybridized carbons (Fsp3) is 0.154. The Morgan fingerprint density at radius 3 is 2.73 bits per heavy atom. The van der Waals surface area contributed by atoms with Gasteiger partial charge in [0.05, 0.1) is 4.88 Å². The first kappa shape index (κ1) is 21.0. The quantitative estimate of drug-likeness (QED) is 0.430. The summed E-state index contributed by atoms with van der Waals surface area (Å²) < 4.78 is 11.6. The summed E-state index contributed by atoms with van der Waals surface area (Å²) in [6.45, 7) is 1.09. The van der Waals surface area contributed by atoms with Gasteiger partial charge in [-0.1, -0.05) is 36.4 Å². The van der Waals surface area contributed by atoms with Gasteiger partial charge in [0.25, 0.3) is 11.8 Å². The van der Waals surface area contributed by atoms with Crippen LogP contribution in [-0.4, -0.2) is 29.9 Å². The Morgan fingerprint density at radius 1 is 1.03 bits per heavy atom. The molecule has 0 aliphatic carbocycles. The van der Waals surface area contributed by atoms with Crippen molar-refractivity contribution in [2.75, 3.05) is 18.5 Å². The molecule has 0 bridgehead atoms. The monoisotopic (exact) mass is 458 g/mol. The maximum Gasteiger partial charge on any atom is 0.264 e. The Balaban J connectivity index is 1.25. The molecule has 166 valence electrons. The number of nitrogens with zero attached hydrogens (tertiary/aromatic N) is 1. The van der Waals surface area contributed by atoms with Gasteiger partial charge < -0.3 is 19.4 Å². The molecule has 5 rings (SSSR count). The number of anilines is 1. The minimum Gasteiger partial charge on any atom is -0.484 e. The standard InChI is InChI=1S/C26H22N2O4S/c29-25(17-31-21-8-2-1-3-9-21)27-20-7-4-6-18(14-20)23-15-19-16-28(12-11-22(19)32-23)26(30)24-10-5-13-33-24/h1-10,13-15H,11-12,16-17H2,(H,27,29). The molecule has 2 aromatic carbocycles. The van der Waals surface area contributed by atoms with E-state index >= 15 is 0 Å². The van der Waals surface area contributed by atoms with Crippen molar-refractivity contribution in [2.24, 2.45) is 0 Å². The SMILES string of the molecule is O=C(COc1ccccc1)Nc1cccc(-c2cc3c(o2)CCN(C(=O)c2cccs2)C3)c1. The Morgan fingerprint density at radius 2 is 1.91 bits per heavy atom. The zero-order chi connectivity index (χ0) is 22.6. The molecule has 0 atom stereocenters. The third-order valence-electron chi connectivity index (χ3n) is 5.43. The lowest BCUT2D eigenvalue weighted by Crippen LogP contribution is -2.35. The average Bonchev–Trinajstić information content (AvgIpc) is 3.53. The van der Waals surface area contributed by atoms with Gasteiger partial charge in [0, 0.05) is 36.3 Å². The molecule has 0 saturated heterocycles. The van der Waals surface area contributed by atoms with Crippen molar-refractivity contribution < 1.29 is 18.7 Å². The van der Waals surface area contributed by atoms with Crippen LogP contribution in [0.25, 0.3) is 11.3 Å². The van der Waals surface area contributed by atoms with Gasteiger partial charge in [-0.15, -0.1) is 11.3 Å². The smallest absolute Gasteiger partial charge is 0.264 e. The largest absolute Gasteiger partial charge is 0.484 e. The number of furan rings is 1. The van der Waals surface area contributed by atoms with E-state index in [1.807, 2.05) is 83.1 Å². The zero-order valence-electron chi connectivity index (χ0n) is 17.8. The molecular formula is C26H22N2O4S. The van der Waals surface area contributed by atoms with Crippen molar-refractivity contribution in [1.29, 1.82) is 0 Å². The van der Waals surface area contributed by atoms with Crippen LogP contribution in [0.3, 0.4) is 0 Å². The van der Waals surface area contributed by atoms with E-state index < -0.39 is 0 Å². The fourth-order valence-corrected chi connectivity index (χ4v) is 4.51. The number of hydrogen-bond acceptors (Lipinski definition) is 5. The van der Waals surface area contributed by atoms with Gasteiger partial charge in [-0.25, -0.2) is 0 Å². The number of amides is 2. The summed E-state index contributed by atoms with van der Waals surface area (Å²) in [6, 6.07) is 22.5. The first-order chi connectivity index (χ1) is 16.2. The number of hydrogen-bond donors (Lipinski definition) is 1. The van der Waals surface area contributed by atoms with Gasteiger partial charge in [0.15, 0.2) is 6.61 Å². The molecule has 0 fully saturated rings. The normalized spacial score (nSPS) is 12.8. The molecule has 0 radical (unpaired) electrons. The topological polar surface area (TPSA) is 71.8 Å². The van der Waals surface area contributed by atoms with Gasteiger partial charge in [-0.05, 0) is 41.8 Å². The molecule has 6 nitrogen and oxygen atoms in total. The van der Waals surface area contributed by atoms with Crippen molar-refractivity contribution in [3.8, 4) is 17.1 Å². The van der Waals surface area contributed by atoms with Crippen LogP contribution in [0.15, 0.2) is 82.6 Å². The predicted molar refractivity (Wildman–Crippen MR) is 127 cm³/mol. The molecule has 0 spiro atoms. The summed E-state index contributed by atoms with van der Waals surface area (Å²) >= 11 is 1.46. The van der Waals surface area contributed by atoms with Crippen LogP contribution in [0.2, 0.25) is 0 Å². The maximum absolute atomic E-state index is 12.7. The highest BCUT2D eigenvalue weighted by atomic mass is 32.1. The van der Waals surface area contributed by atoms with E-state index in [2.05, 4.69) is 5.32 Å². The number of nitrogens with one attached hydrogen (secondary N) is 1. The summed E-state index contributed by atoms with van der Waals surface area (Å²) in [5.41, 5.74) is 2.55. The molecule has 4 aromatic rings. The molecular weight excluding hydrogens is 436 g/mol. The number of rotatable bonds is 6. The van der Waals surface area contributed by atoms with Crippen LogP contribution in [0.5, 0.6) is 5.75 Å². The summed E-state index contributed by atoms with van der Waals surface area (Å²) in [4.78, 5) is 27.6. The second-order valence-corrected chi connectivity index (χ2v) is 8.69. The number of ether oxygens (including phenoxy) is 1. The highest BCUT2D eigenvalue weighted by Gasteiger charge is 2.25. The highest BCUT2D eigenvalue weighted by molar-refractivity contribution is 7.12. The number of thiophene rings is 1. The summed E-state index contributed by atoms with van der Waals surface area (Å²) in [7, 11) is 0. The molecule has 1 aliphatic rings. The first-order valence-electron chi connectivity index (χ1n) is 10.7. The molecule has 2 aromatic heterocycles. The van der Waals surface area contributed by atoms with Crippen LogP contribution in [0.1, 0.15) is 21.0 Å². The Labute approximate surface area is 195 Å². The molecule has 1 N–H and O–H groups in total. The third kappa shape index (κ3) is 4.83. The van der Waals surface area contributed by atoms with Crippen molar-refractivity contribution >= 4 is 28.8 Å². The fourth-order valence-electron chi connectivity index (χ4n) is 3.82. The average molecular weight is 459 g/mol. The van der Waals surface area contributed by atoms with Gasteiger partial charge in [-0.2, -0.15) is 0 Å². The molecule has 1 aliphatic heterocycles. The summed E-state index contributed by atoms with van der Waals surface area (Å²) in [5.74, 6) is 2.10. The Bertz CT molecular complexity index is 1260. The van der Waals surface area contributed by atoms with E-state index in [1.165, 1.54) is 11.3 Å². The van der Waals surface area contributed by atoms with Crippen LogP contribution in [0, 0.1) is 0 Å². The zero-order valence-corrected chi connectivity index (χ0v) is 18.6. The van der Waals surface area contributed by atoms with Crippen LogP contribution in [-0.2, 0) is 17.8 Å².